The smallest absolute Gasteiger partial charge is 0.0294 e. The maximum Gasteiger partial charge on any atom is 0.0294 e. The predicted molar refractivity (Wildman–Crippen MR) is 63.0 cm³/mol. The van der Waals surface area contributed by atoms with Crippen LogP contribution in [-0.4, -0.2) is 0 Å². The van der Waals surface area contributed by atoms with Gasteiger partial charge in [0.1, 0.15) is 0 Å². The van der Waals surface area contributed by atoms with E-state index in [1.54, 1.807) is 0 Å². The van der Waals surface area contributed by atoms with Gasteiger partial charge in [-0.05, 0) is 17.5 Å². The third-order valence-electron chi connectivity index (χ3n) is 2.47. The third-order valence-corrected chi connectivity index (χ3v) is 2.47. The lowest BCUT2D eigenvalue weighted by Crippen LogP contribution is -2.09. The van der Waals surface area contributed by atoms with E-state index in [4.69, 9.17) is 5.73 Å². The normalized spacial score (nSPS) is 12.4. The second-order valence-electron chi connectivity index (χ2n) is 3.62. The van der Waals surface area contributed by atoms with Gasteiger partial charge in [0, 0.05) is 6.04 Å². The fourth-order valence-electron chi connectivity index (χ4n) is 1.47. The van der Waals surface area contributed by atoms with Crippen molar-refractivity contribution in [3.63, 3.8) is 0 Å². The number of nitrogens with two attached hydrogens (primary N) is 1. The van der Waals surface area contributed by atoms with Crippen LogP contribution in [0.4, 0.5) is 0 Å². The van der Waals surface area contributed by atoms with E-state index < -0.39 is 0 Å². The van der Waals surface area contributed by atoms with Crippen LogP contribution in [0.3, 0.4) is 0 Å². The molecule has 1 aromatic rings. The Bertz CT molecular complexity index is 274. The second kappa shape index (κ2) is 5.61. The van der Waals surface area contributed by atoms with Gasteiger partial charge in [-0.15, -0.1) is 0 Å². The molecule has 0 amide bonds. The molecule has 0 bridgehead atoms. The summed E-state index contributed by atoms with van der Waals surface area (Å²) in [6.07, 6.45) is 5.33. The average Bonchev–Trinajstić information content (AvgIpc) is 2.26. The quantitative estimate of drug-likeness (QED) is 0.753. The molecular weight excluding hydrogens is 170 g/mol. The van der Waals surface area contributed by atoms with Crippen LogP contribution in [0.15, 0.2) is 30.8 Å². The number of unbranched alkanes of at least 4 members (excludes halogenated alkanes) is 1. The predicted octanol–water partition coefficient (Wildman–Crippen LogP) is 3.52. The molecule has 1 heteroatoms. The Balaban J connectivity index is 2.61. The fourth-order valence-corrected chi connectivity index (χ4v) is 1.47. The van der Waals surface area contributed by atoms with Crippen LogP contribution in [0.5, 0.6) is 0 Å². The van der Waals surface area contributed by atoms with Crippen molar-refractivity contribution < 1.29 is 0 Å². The molecule has 0 aliphatic carbocycles. The van der Waals surface area contributed by atoms with E-state index in [1.807, 2.05) is 6.08 Å². The van der Waals surface area contributed by atoms with Crippen molar-refractivity contribution in [3.05, 3.63) is 42.0 Å². The maximum atomic E-state index is 6.05. The molecule has 0 spiro atoms. The van der Waals surface area contributed by atoms with Crippen LogP contribution in [0.2, 0.25) is 0 Å². The Labute approximate surface area is 86.6 Å². The summed E-state index contributed by atoms with van der Waals surface area (Å²) in [6.45, 7) is 5.91. The lowest BCUT2D eigenvalue weighted by atomic mass is 10.0. The molecule has 0 aromatic heterocycles. The van der Waals surface area contributed by atoms with Gasteiger partial charge in [0.05, 0.1) is 0 Å². The zero-order valence-electron chi connectivity index (χ0n) is 8.87. The highest BCUT2D eigenvalue weighted by Crippen LogP contribution is 2.17. The minimum absolute atomic E-state index is 0.189. The van der Waals surface area contributed by atoms with E-state index in [1.165, 1.54) is 18.4 Å². The summed E-state index contributed by atoms with van der Waals surface area (Å²) in [4.78, 5) is 0. The third kappa shape index (κ3) is 3.00. The highest BCUT2D eigenvalue weighted by Gasteiger charge is 2.03. The molecule has 14 heavy (non-hydrogen) atoms. The van der Waals surface area contributed by atoms with Crippen molar-refractivity contribution in [3.8, 4) is 0 Å². The highest BCUT2D eigenvalue weighted by atomic mass is 14.6. The molecule has 1 rings (SSSR count). The number of hydrogen-bond acceptors (Lipinski definition) is 1. The molecule has 1 unspecified atom stereocenters. The Morgan fingerprint density at radius 3 is 2.50 bits per heavy atom. The van der Waals surface area contributed by atoms with E-state index in [-0.39, 0.29) is 6.04 Å². The average molecular weight is 189 g/mol. The molecule has 0 heterocycles. The monoisotopic (exact) mass is 189 g/mol. The van der Waals surface area contributed by atoms with Gasteiger partial charge in [-0.3, -0.25) is 0 Å². The van der Waals surface area contributed by atoms with Gasteiger partial charge in [0.25, 0.3) is 0 Å². The molecule has 76 valence electrons. The van der Waals surface area contributed by atoms with Crippen LogP contribution in [0.1, 0.15) is 43.4 Å². The summed E-state index contributed by atoms with van der Waals surface area (Å²) in [7, 11) is 0. The molecule has 1 aromatic carbocycles. The Hall–Kier alpha value is -1.08. The molecule has 1 nitrogen and oxygen atoms in total. The van der Waals surface area contributed by atoms with Crippen molar-refractivity contribution in [2.75, 3.05) is 0 Å². The van der Waals surface area contributed by atoms with Gasteiger partial charge in [-0.2, -0.15) is 0 Å². The van der Waals surface area contributed by atoms with Crippen molar-refractivity contribution >= 4 is 6.08 Å². The van der Waals surface area contributed by atoms with E-state index in [9.17, 15) is 0 Å². The van der Waals surface area contributed by atoms with Crippen molar-refractivity contribution in [1.82, 2.24) is 0 Å². The molecule has 1 atom stereocenters. The van der Waals surface area contributed by atoms with Gasteiger partial charge in [-0.1, -0.05) is 56.7 Å². The Morgan fingerprint density at radius 1 is 1.36 bits per heavy atom. The first-order valence-electron chi connectivity index (χ1n) is 5.26. The van der Waals surface area contributed by atoms with Crippen LogP contribution in [0.25, 0.3) is 6.08 Å². The first-order chi connectivity index (χ1) is 6.77. The molecule has 0 saturated heterocycles. The van der Waals surface area contributed by atoms with E-state index in [2.05, 4.69) is 37.8 Å². The minimum atomic E-state index is 0.189. The summed E-state index contributed by atoms with van der Waals surface area (Å²) in [5.41, 5.74) is 8.42. The number of benzene rings is 1. The minimum Gasteiger partial charge on any atom is -0.324 e. The number of hydrogen-bond donors (Lipinski definition) is 1. The van der Waals surface area contributed by atoms with Crippen molar-refractivity contribution in [2.45, 2.75) is 32.2 Å². The van der Waals surface area contributed by atoms with E-state index in [0.717, 1.165) is 12.0 Å². The standard InChI is InChI=1S/C13H19N/c1-3-5-6-13(14)12-9-7-11(4-2)8-10-12/h4,7-10,13H,2-3,5-6,14H2,1H3. The zero-order valence-corrected chi connectivity index (χ0v) is 8.87. The zero-order chi connectivity index (χ0) is 10.4. The van der Waals surface area contributed by atoms with Crippen LogP contribution < -0.4 is 5.73 Å². The summed E-state index contributed by atoms with van der Waals surface area (Å²) in [5, 5.41) is 0. The topological polar surface area (TPSA) is 26.0 Å². The Kier molecular flexibility index (Phi) is 4.41. The van der Waals surface area contributed by atoms with Gasteiger partial charge in [0.2, 0.25) is 0 Å². The van der Waals surface area contributed by atoms with Crippen LogP contribution >= 0.6 is 0 Å². The first kappa shape index (κ1) is 11.0. The van der Waals surface area contributed by atoms with Gasteiger partial charge < -0.3 is 5.73 Å². The molecule has 0 fully saturated rings. The molecule has 0 saturated carbocycles. The second-order valence-corrected chi connectivity index (χ2v) is 3.62. The van der Waals surface area contributed by atoms with Gasteiger partial charge >= 0.3 is 0 Å². The summed E-state index contributed by atoms with van der Waals surface area (Å²) in [5.74, 6) is 0. The van der Waals surface area contributed by atoms with Crippen LogP contribution in [-0.2, 0) is 0 Å². The summed E-state index contributed by atoms with van der Waals surface area (Å²) >= 11 is 0. The molecule has 0 radical (unpaired) electrons. The molecule has 0 aliphatic heterocycles. The largest absolute Gasteiger partial charge is 0.324 e. The van der Waals surface area contributed by atoms with Gasteiger partial charge in [-0.25, -0.2) is 0 Å². The lowest BCUT2D eigenvalue weighted by Gasteiger charge is -2.11. The van der Waals surface area contributed by atoms with Crippen molar-refractivity contribution in [2.24, 2.45) is 5.73 Å². The SMILES string of the molecule is C=Cc1ccc(C(N)CCCC)cc1. The van der Waals surface area contributed by atoms with Crippen LogP contribution in [0, 0.1) is 0 Å². The molecule has 0 aliphatic rings. The molecular formula is C13H19N. The first-order valence-corrected chi connectivity index (χ1v) is 5.26. The number of rotatable bonds is 5. The lowest BCUT2D eigenvalue weighted by molar-refractivity contribution is 0.603. The Morgan fingerprint density at radius 2 is 2.00 bits per heavy atom. The van der Waals surface area contributed by atoms with E-state index in [0.29, 0.717) is 0 Å². The van der Waals surface area contributed by atoms with Crippen molar-refractivity contribution in [1.29, 1.82) is 0 Å². The highest BCUT2D eigenvalue weighted by molar-refractivity contribution is 5.47. The summed E-state index contributed by atoms with van der Waals surface area (Å²) < 4.78 is 0. The molecule has 2 N–H and O–H groups in total. The van der Waals surface area contributed by atoms with Gasteiger partial charge in [0.15, 0.2) is 0 Å². The maximum absolute atomic E-state index is 6.05. The van der Waals surface area contributed by atoms with E-state index >= 15 is 0 Å². The summed E-state index contributed by atoms with van der Waals surface area (Å²) in [6, 6.07) is 8.51. The fraction of sp³-hybridized carbons (Fsp3) is 0.385.